The Kier molecular flexibility index (Phi) is 4.01. The van der Waals surface area contributed by atoms with E-state index < -0.39 is 0 Å². The Morgan fingerprint density at radius 1 is 1.65 bits per heavy atom. The van der Waals surface area contributed by atoms with E-state index >= 15 is 0 Å². The first-order chi connectivity index (χ1) is 8.17. The lowest BCUT2D eigenvalue weighted by Gasteiger charge is -2.36. The molecule has 1 aromatic rings. The van der Waals surface area contributed by atoms with E-state index in [1.54, 1.807) is 5.51 Å². The van der Waals surface area contributed by atoms with E-state index in [9.17, 15) is 4.79 Å². The van der Waals surface area contributed by atoms with Crippen LogP contribution in [0.1, 0.15) is 28.2 Å². The number of thiazole rings is 1. The van der Waals surface area contributed by atoms with Gasteiger partial charge in [0.25, 0.3) is 5.91 Å². The number of rotatable bonds is 3. The Balaban J connectivity index is 2.08. The van der Waals surface area contributed by atoms with E-state index in [-0.39, 0.29) is 11.4 Å². The number of ether oxygens (including phenoxy) is 1. The molecule has 1 aliphatic heterocycles. The fourth-order valence-electron chi connectivity index (χ4n) is 1.87. The second-order valence-corrected chi connectivity index (χ2v) is 5.37. The standard InChI is InChI=1S/C11H15ClN2O2S/c1-8-9(17-7-13-8)10(15)14-11(6-12)2-4-16-5-3-11/h7H,2-6H2,1H3,(H,14,15). The minimum absolute atomic E-state index is 0.0763. The normalized spacial score (nSPS) is 18.9. The maximum absolute atomic E-state index is 12.1. The van der Waals surface area contributed by atoms with Crippen molar-refractivity contribution in [3.05, 3.63) is 16.1 Å². The highest BCUT2D eigenvalue weighted by Gasteiger charge is 2.34. The molecular weight excluding hydrogens is 260 g/mol. The number of carbonyl (C=O) groups excluding carboxylic acids is 1. The second-order valence-electron chi connectivity index (χ2n) is 4.25. The molecule has 0 aliphatic carbocycles. The van der Waals surface area contributed by atoms with Crippen LogP contribution in [0.2, 0.25) is 0 Å². The van der Waals surface area contributed by atoms with E-state index in [4.69, 9.17) is 16.3 Å². The molecule has 0 spiro atoms. The molecule has 1 amide bonds. The third-order valence-corrected chi connectivity index (χ3v) is 4.48. The fraction of sp³-hybridized carbons (Fsp3) is 0.636. The fourth-order valence-corrected chi connectivity index (χ4v) is 2.90. The van der Waals surface area contributed by atoms with Crippen molar-refractivity contribution in [1.82, 2.24) is 10.3 Å². The first-order valence-corrected chi connectivity index (χ1v) is 6.95. The highest BCUT2D eigenvalue weighted by atomic mass is 35.5. The summed E-state index contributed by atoms with van der Waals surface area (Å²) in [5.74, 6) is 0.340. The zero-order valence-electron chi connectivity index (χ0n) is 9.66. The Bertz CT molecular complexity index is 402. The first kappa shape index (κ1) is 12.8. The van der Waals surface area contributed by atoms with Crippen LogP contribution in [-0.4, -0.2) is 35.5 Å². The molecule has 2 heterocycles. The molecule has 4 nitrogen and oxygen atoms in total. The van der Waals surface area contributed by atoms with Crippen molar-refractivity contribution >= 4 is 28.8 Å². The van der Waals surface area contributed by atoms with Crippen molar-refractivity contribution in [3.63, 3.8) is 0 Å². The van der Waals surface area contributed by atoms with Gasteiger partial charge in [-0.3, -0.25) is 4.79 Å². The molecule has 0 bridgehead atoms. The molecule has 1 aromatic heterocycles. The van der Waals surface area contributed by atoms with E-state index in [1.165, 1.54) is 11.3 Å². The smallest absolute Gasteiger partial charge is 0.263 e. The minimum atomic E-state index is -0.326. The van der Waals surface area contributed by atoms with Gasteiger partial charge >= 0.3 is 0 Å². The van der Waals surface area contributed by atoms with Gasteiger partial charge in [-0.1, -0.05) is 0 Å². The van der Waals surface area contributed by atoms with Crippen molar-refractivity contribution in [2.24, 2.45) is 0 Å². The van der Waals surface area contributed by atoms with Crippen LogP contribution in [0.25, 0.3) is 0 Å². The molecule has 0 aromatic carbocycles. The Hall–Kier alpha value is -0.650. The zero-order valence-corrected chi connectivity index (χ0v) is 11.2. The van der Waals surface area contributed by atoms with Crippen LogP contribution >= 0.6 is 22.9 Å². The number of alkyl halides is 1. The maximum Gasteiger partial charge on any atom is 0.263 e. The average molecular weight is 275 g/mol. The summed E-state index contributed by atoms with van der Waals surface area (Å²) in [6, 6.07) is 0. The molecule has 2 rings (SSSR count). The number of carbonyl (C=O) groups is 1. The number of nitrogens with zero attached hydrogens (tertiary/aromatic N) is 1. The largest absolute Gasteiger partial charge is 0.381 e. The molecular formula is C11H15ClN2O2S. The van der Waals surface area contributed by atoms with Crippen LogP contribution in [0.3, 0.4) is 0 Å². The van der Waals surface area contributed by atoms with Crippen LogP contribution in [0.15, 0.2) is 5.51 Å². The number of aryl methyl sites for hydroxylation is 1. The maximum atomic E-state index is 12.1. The van der Waals surface area contributed by atoms with Crippen molar-refractivity contribution in [1.29, 1.82) is 0 Å². The molecule has 17 heavy (non-hydrogen) atoms. The predicted octanol–water partition coefficient (Wildman–Crippen LogP) is 1.97. The number of hydrogen-bond acceptors (Lipinski definition) is 4. The van der Waals surface area contributed by atoms with E-state index in [2.05, 4.69) is 10.3 Å². The Labute approximate surface area is 109 Å². The van der Waals surface area contributed by atoms with Gasteiger partial charge in [-0.25, -0.2) is 4.98 Å². The van der Waals surface area contributed by atoms with Gasteiger partial charge in [0.1, 0.15) is 4.88 Å². The molecule has 0 radical (unpaired) electrons. The lowest BCUT2D eigenvalue weighted by Crippen LogP contribution is -2.53. The van der Waals surface area contributed by atoms with Gasteiger partial charge in [-0.2, -0.15) is 0 Å². The van der Waals surface area contributed by atoms with Crippen LogP contribution in [-0.2, 0) is 4.74 Å². The minimum Gasteiger partial charge on any atom is -0.381 e. The number of hydrogen-bond donors (Lipinski definition) is 1. The highest BCUT2D eigenvalue weighted by molar-refractivity contribution is 7.11. The van der Waals surface area contributed by atoms with Gasteiger partial charge in [0.05, 0.1) is 16.7 Å². The molecule has 0 unspecified atom stereocenters. The van der Waals surface area contributed by atoms with Gasteiger partial charge in [0, 0.05) is 19.1 Å². The summed E-state index contributed by atoms with van der Waals surface area (Å²) in [4.78, 5) is 16.9. The Morgan fingerprint density at radius 3 is 2.88 bits per heavy atom. The summed E-state index contributed by atoms with van der Waals surface area (Å²) in [5, 5.41) is 3.04. The summed E-state index contributed by atoms with van der Waals surface area (Å²) in [7, 11) is 0. The first-order valence-electron chi connectivity index (χ1n) is 5.53. The molecule has 94 valence electrons. The van der Waals surface area contributed by atoms with E-state index in [1.807, 2.05) is 6.92 Å². The van der Waals surface area contributed by atoms with E-state index in [0.29, 0.717) is 24.0 Å². The quantitative estimate of drug-likeness (QED) is 0.858. The van der Waals surface area contributed by atoms with Gasteiger partial charge in [0.15, 0.2) is 0 Å². The second kappa shape index (κ2) is 5.33. The SMILES string of the molecule is Cc1ncsc1C(=O)NC1(CCl)CCOCC1. The van der Waals surface area contributed by atoms with Crippen LogP contribution in [0.5, 0.6) is 0 Å². The third kappa shape index (κ3) is 2.78. The lowest BCUT2D eigenvalue weighted by molar-refractivity contribution is 0.0435. The monoisotopic (exact) mass is 274 g/mol. The van der Waals surface area contributed by atoms with E-state index in [0.717, 1.165) is 18.5 Å². The van der Waals surface area contributed by atoms with Gasteiger partial charge in [0.2, 0.25) is 0 Å². The number of amides is 1. The Morgan fingerprint density at radius 2 is 2.35 bits per heavy atom. The molecule has 6 heteroatoms. The summed E-state index contributed by atoms with van der Waals surface area (Å²) in [6.45, 7) is 3.13. The summed E-state index contributed by atoms with van der Waals surface area (Å²) in [5.41, 5.74) is 2.12. The molecule has 1 saturated heterocycles. The number of halogens is 1. The highest BCUT2D eigenvalue weighted by Crippen LogP contribution is 2.23. The van der Waals surface area contributed by atoms with Crippen molar-refractivity contribution < 1.29 is 9.53 Å². The average Bonchev–Trinajstić information content (AvgIpc) is 2.77. The molecule has 0 saturated carbocycles. The molecule has 0 atom stereocenters. The third-order valence-electron chi connectivity index (χ3n) is 3.04. The van der Waals surface area contributed by atoms with Crippen LogP contribution in [0.4, 0.5) is 0 Å². The van der Waals surface area contributed by atoms with Gasteiger partial charge < -0.3 is 10.1 Å². The summed E-state index contributed by atoms with van der Waals surface area (Å²) >= 11 is 7.36. The van der Waals surface area contributed by atoms with Crippen LogP contribution in [0, 0.1) is 6.92 Å². The summed E-state index contributed by atoms with van der Waals surface area (Å²) < 4.78 is 5.30. The zero-order chi connectivity index (χ0) is 12.3. The van der Waals surface area contributed by atoms with Crippen molar-refractivity contribution in [2.75, 3.05) is 19.1 Å². The number of aromatic nitrogens is 1. The van der Waals surface area contributed by atoms with Gasteiger partial charge in [-0.05, 0) is 19.8 Å². The predicted molar refractivity (Wildman–Crippen MR) is 67.8 cm³/mol. The molecule has 1 aliphatic rings. The van der Waals surface area contributed by atoms with Crippen molar-refractivity contribution in [2.45, 2.75) is 25.3 Å². The molecule has 1 fully saturated rings. The number of nitrogens with one attached hydrogen (secondary N) is 1. The lowest BCUT2D eigenvalue weighted by atomic mass is 9.92. The van der Waals surface area contributed by atoms with Crippen LogP contribution < -0.4 is 5.32 Å². The topological polar surface area (TPSA) is 51.2 Å². The summed E-state index contributed by atoms with van der Waals surface area (Å²) in [6.07, 6.45) is 1.53. The van der Waals surface area contributed by atoms with Crippen molar-refractivity contribution in [3.8, 4) is 0 Å². The molecule has 1 N–H and O–H groups in total. The van der Waals surface area contributed by atoms with Gasteiger partial charge in [-0.15, -0.1) is 22.9 Å².